The zero-order valence-corrected chi connectivity index (χ0v) is 41.8. The van der Waals surface area contributed by atoms with Crippen molar-refractivity contribution < 1.29 is 23.5 Å². The van der Waals surface area contributed by atoms with Crippen LogP contribution in [0.1, 0.15) is 222 Å². The molecule has 2 saturated carbocycles. The fourth-order valence-corrected chi connectivity index (χ4v) is 15.0. The van der Waals surface area contributed by atoms with E-state index in [0.29, 0.717) is 38.8 Å². The lowest BCUT2D eigenvalue weighted by Crippen LogP contribution is -2.66. The number of amides is 2. The lowest BCUT2D eigenvalue weighted by molar-refractivity contribution is -0.183. The van der Waals surface area contributed by atoms with Gasteiger partial charge in [0.25, 0.3) is 11.8 Å². The largest absolute Gasteiger partial charge is 0.411 e. The highest BCUT2D eigenvalue weighted by atomic mass is 28.4. The molecule has 6 fully saturated rings. The van der Waals surface area contributed by atoms with Gasteiger partial charge in [-0.25, -0.2) is 0 Å². The average Bonchev–Trinajstić information content (AvgIpc) is 3.40. The second-order valence-electron chi connectivity index (χ2n) is 24.6. The molecule has 0 aromatic heterocycles. The number of nitrogens with one attached hydrogen (secondary N) is 2. The maximum Gasteiger partial charge on any atom is 0.257 e. The van der Waals surface area contributed by atoms with Gasteiger partial charge in [0.2, 0.25) is 0 Å². The van der Waals surface area contributed by atoms with Gasteiger partial charge in [-0.2, -0.15) is 0 Å². The molecule has 4 heterocycles. The van der Waals surface area contributed by atoms with E-state index in [1.165, 1.54) is 89.9 Å². The summed E-state index contributed by atoms with van der Waals surface area (Å²) in [6.45, 7) is 25.6. The number of piperidine rings is 2. The van der Waals surface area contributed by atoms with Crippen LogP contribution in [0.3, 0.4) is 0 Å². The first kappa shape index (κ1) is 48.4. The van der Waals surface area contributed by atoms with Crippen LogP contribution in [0.2, 0.25) is 19.6 Å². The Labute approximate surface area is 368 Å². The van der Waals surface area contributed by atoms with Crippen LogP contribution in [0, 0.1) is 0 Å². The van der Waals surface area contributed by atoms with Crippen molar-refractivity contribution in [1.29, 1.82) is 0 Å². The Morgan fingerprint density at radius 2 is 0.733 bits per heavy atom. The second-order valence-corrected chi connectivity index (χ2v) is 29.1. The number of carbonyl (C=O) groups excluding carboxylic acids is 2. The molecule has 346 valence electrons. The number of carbonyl (C=O) groups is 2. The van der Waals surface area contributed by atoms with Crippen molar-refractivity contribution in [3.05, 3.63) is 0 Å². The molecule has 4 spiro atoms. The van der Waals surface area contributed by atoms with Gasteiger partial charge in [0.15, 0.2) is 19.5 Å². The van der Waals surface area contributed by atoms with Crippen LogP contribution in [0.25, 0.3) is 0 Å². The van der Waals surface area contributed by atoms with E-state index in [4.69, 9.17) is 13.9 Å². The lowest BCUT2D eigenvalue weighted by atomic mass is 9.72. The van der Waals surface area contributed by atoms with Crippen LogP contribution in [-0.2, 0) is 23.5 Å². The number of hydrogen-bond donors (Lipinski definition) is 2. The van der Waals surface area contributed by atoms with Gasteiger partial charge in [0.05, 0.1) is 19.2 Å². The van der Waals surface area contributed by atoms with Crippen molar-refractivity contribution in [3.8, 4) is 0 Å². The molecule has 2 aliphatic carbocycles. The summed E-state index contributed by atoms with van der Waals surface area (Å²) in [6.07, 6.45) is 27.3. The van der Waals surface area contributed by atoms with Gasteiger partial charge in [-0.15, -0.1) is 0 Å². The molecule has 0 bridgehead atoms. The van der Waals surface area contributed by atoms with E-state index in [-0.39, 0.29) is 40.1 Å². The standard InChI is InChI=1S/C50H92N4O5Si/c1-43(2)36-47(37-44(3,4)51-43)41(55)53(49(58-47)30-26-22-18-14-12-15-19-23-27-31-49)34-40(57-60(9,10)11)35-54-42(56)48(38-45(5,6)52-46(7,8)39-48)59-50(54)32-28-24-20-16-13-17-21-25-29-33-50/h40,51-52H,12-39H2,1-11H3. The zero-order chi connectivity index (χ0) is 43.7. The van der Waals surface area contributed by atoms with Crippen molar-refractivity contribution in [1.82, 2.24) is 20.4 Å². The second kappa shape index (κ2) is 18.4. The Kier molecular flexibility index (Phi) is 14.9. The summed E-state index contributed by atoms with van der Waals surface area (Å²) in [4.78, 5) is 35.9. The molecule has 2 N–H and O–H groups in total. The van der Waals surface area contributed by atoms with Gasteiger partial charge in [0.1, 0.15) is 11.4 Å². The molecule has 0 unspecified atom stereocenters. The molecule has 10 heteroatoms. The Morgan fingerprint density at radius 1 is 0.483 bits per heavy atom. The molecule has 0 aromatic carbocycles. The first-order valence-electron chi connectivity index (χ1n) is 25.3. The first-order valence-corrected chi connectivity index (χ1v) is 28.7. The van der Waals surface area contributed by atoms with Gasteiger partial charge in [-0.3, -0.25) is 9.59 Å². The Hall–Kier alpha value is -1.04. The van der Waals surface area contributed by atoms with Crippen LogP contribution < -0.4 is 10.6 Å². The van der Waals surface area contributed by atoms with Crippen LogP contribution in [0.5, 0.6) is 0 Å². The predicted octanol–water partition coefficient (Wildman–Crippen LogP) is 11.3. The van der Waals surface area contributed by atoms with Crippen LogP contribution in [0.4, 0.5) is 0 Å². The normalized spacial score (nSPS) is 29.7. The van der Waals surface area contributed by atoms with Crippen LogP contribution in [0.15, 0.2) is 0 Å². The number of nitrogens with zero attached hydrogens (tertiary/aromatic N) is 2. The third kappa shape index (κ3) is 11.6. The van der Waals surface area contributed by atoms with E-state index in [2.05, 4.69) is 95.5 Å². The smallest absolute Gasteiger partial charge is 0.257 e. The molecule has 0 radical (unpaired) electrons. The zero-order valence-electron chi connectivity index (χ0n) is 40.8. The molecule has 9 nitrogen and oxygen atoms in total. The highest BCUT2D eigenvalue weighted by molar-refractivity contribution is 6.69. The lowest BCUT2D eigenvalue weighted by Gasteiger charge is -2.50. The predicted molar refractivity (Wildman–Crippen MR) is 247 cm³/mol. The molecule has 4 aliphatic heterocycles. The number of hydrogen-bond acceptors (Lipinski definition) is 7. The average molecular weight is 857 g/mol. The van der Waals surface area contributed by atoms with E-state index in [0.717, 1.165) is 51.4 Å². The molecular weight excluding hydrogens is 765 g/mol. The molecule has 6 aliphatic rings. The summed E-state index contributed by atoms with van der Waals surface area (Å²) in [6, 6.07) is 0. The fraction of sp³-hybridized carbons (Fsp3) is 0.960. The molecule has 0 atom stereocenters. The summed E-state index contributed by atoms with van der Waals surface area (Å²) >= 11 is 0. The molecule has 60 heavy (non-hydrogen) atoms. The van der Waals surface area contributed by atoms with E-state index >= 15 is 9.59 Å². The quantitative estimate of drug-likeness (QED) is 0.257. The number of ether oxygens (including phenoxy) is 2. The summed E-state index contributed by atoms with van der Waals surface area (Å²) in [5.41, 5.74) is -4.26. The SMILES string of the molecule is CC1(C)CC2(CC(C)(C)N1)OC1(CCCCCCCCCCC1)N(CC(CN1C(=O)C3(CC(C)(C)NC(C)(C)C3)OC13CCCCCCCCCCC3)O[Si](C)(C)C)C2=O. The highest BCUT2D eigenvalue weighted by Gasteiger charge is 2.67. The molecule has 0 aromatic rings. The van der Waals surface area contributed by atoms with Crippen molar-refractivity contribution in [2.75, 3.05) is 13.1 Å². The van der Waals surface area contributed by atoms with Gasteiger partial charge >= 0.3 is 0 Å². The van der Waals surface area contributed by atoms with Crippen LogP contribution >= 0.6 is 0 Å². The molecular formula is C50H92N4O5Si. The van der Waals surface area contributed by atoms with Crippen molar-refractivity contribution >= 4 is 20.1 Å². The Balaban J connectivity index is 1.42. The van der Waals surface area contributed by atoms with E-state index in [1.54, 1.807) is 0 Å². The summed E-state index contributed by atoms with van der Waals surface area (Å²) in [5, 5.41) is 7.71. The highest BCUT2D eigenvalue weighted by Crippen LogP contribution is 2.53. The summed E-state index contributed by atoms with van der Waals surface area (Å²) in [7, 11) is -2.19. The van der Waals surface area contributed by atoms with E-state index < -0.39 is 31.0 Å². The van der Waals surface area contributed by atoms with Gasteiger partial charge in [-0.1, -0.05) is 89.9 Å². The maximum absolute atomic E-state index is 15.7. The van der Waals surface area contributed by atoms with Crippen molar-refractivity contribution in [3.63, 3.8) is 0 Å². The topological polar surface area (TPSA) is 92.4 Å². The third-order valence-electron chi connectivity index (χ3n) is 14.9. The molecule has 2 amide bonds. The minimum Gasteiger partial charge on any atom is -0.411 e. The summed E-state index contributed by atoms with van der Waals surface area (Å²) in [5.74, 6) is 0.286. The third-order valence-corrected chi connectivity index (χ3v) is 15.9. The van der Waals surface area contributed by atoms with E-state index in [1.807, 2.05) is 0 Å². The Bertz CT molecular complexity index is 1310. The fourth-order valence-electron chi connectivity index (χ4n) is 13.8. The van der Waals surface area contributed by atoms with Crippen LogP contribution in [-0.4, -0.2) is 93.9 Å². The molecule has 4 saturated heterocycles. The monoisotopic (exact) mass is 857 g/mol. The minimum absolute atomic E-state index is 0.143. The van der Waals surface area contributed by atoms with Gasteiger partial charge in [0, 0.05) is 47.8 Å². The summed E-state index contributed by atoms with van der Waals surface area (Å²) < 4.78 is 22.6. The maximum atomic E-state index is 15.7. The number of rotatable bonds is 6. The minimum atomic E-state index is -2.19. The van der Waals surface area contributed by atoms with Crippen molar-refractivity contribution in [2.45, 2.75) is 293 Å². The Morgan fingerprint density at radius 3 is 0.983 bits per heavy atom. The molecule has 6 rings (SSSR count). The van der Waals surface area contributed by atoms with Crippen molar-refractivity contribution in [2.24, 2.45) is 0 Å². The van der Waals surface area contributed by atoms with Gasteiger partial charge < -0.3 is 34.3 Å². The van der Waals surface area contributed by atoms with Gasteiger partial charge in [-0.05, 0) is 126 Å². The van der Waals surface area contributed by atoms with E-state index in [9.17, 15) is 0 Å². The first-order chi connectivity index (χ1) is 27.9.